The molecule has 1 unspecified atom stereocenters. The first-order valence-corrected chi connectivity index (χ1v) is 6.61. The zero-order valence-electron chi connectivity index (χ0n) is 8.69. The van der Waals surface area contributed by atoms with Gasteiger partial charge in [0.15, 0.2) is 0 Å². The average Bonchev–Trinajstić information content (AvgIpc) is 2.85. The fourth-order valence-electron chi connectivity index (χ4n) is 1.33. The molecule has 0 fully saturated rings. The normalized spacial score (nSPS) is 12.2. The van der Waals surface area contributed by atoms with Crippen LogP contribution in [0.1, 0.15) is 23.0 Å². The number of nitrogens with zero attached hydrogens (tertiary/aromatic N) is 1. The number of nitrogens with one attached hydrogen (secondary N) is 1. The third kappa shape index (κ3) is 2.08. The predicted octanol–water partition coefficient (Wildman–Crippen LogP) is 2.99. The van der Waals surface area contributed by atoms with E-state index in [-0.39, 0.29) is 5.91 Å². The van der Waals surface area contributed by atoms with Crippen LogP contribution in [-0.2, 0) is 0 Å². The number of thiophene rings is 2. The molecule has 0 radical (unpaired) electrons. The summed E-state index contributed by atoms with van der Waals surface area (Å²) in [5, 5.41) is 13.5. The first-order chi connectivity index (χ1) is 7.74. The molecular formula is C11H10N2OS2. The fourth-order valence-corrected chi connectivity index (χ4v) is 3.34. The monoisotopic (exact) mass is 250 g/mol. The molecule has 0 aliphatic heterocycles. The number of fused-ring (bicyclic) bond motifs is 1. The lowest BCUT2D eigenvalue weighted by Crippen LogP contribution is -2.32. The molecule has 1 atom stereocenters. The maximum atomic E-state index is 11.8. The molecule has 0 aliphatic rings. The van der Waals surface area contributed by atoms with Crippen LogP contribution in [0, 0.1) is 11.3 Å². The van der Waals surface area contributed by atoms with Gasteiger partial charge in [0.2, 0.25) is 0 Å². The highest BCUT2D eigenvalue weighted by molar-refractivity contribution is 7.27. The Morgan fingerprint density at radius 1 is 1.62 bits per heavy atom. The first kappa shape index (κ1) is 11.1. The number of hydrogen-bond acceptors (Lipinski definition) is 4. The molecule has 2 rings (SSSR count). The maximum absolute atomic E-state index is 11.8. The minimum absolute atomic E-state index is 0.151. The molecule has 0 aliphatic carbocycles. The lowest BCUT2D eigenvalue weighted by Gasteiger charge is -2.06. The Balaban J connectivity index is 2.16. The summed E-state index contributed by atoms with van der Waals surface area (Å²) in [5.74, 6) is -0.151. The van der Waals surface area contributed by atoms with Crippen LogP contribution >= 0.6 is 22.7 Å². The summed E-state index contributed by atoms with van der Waals surface area (Å²) in [6, 6.07) is 5.54. The van der Waals surface area contributed by atoms with Gasteiger partial charge < -0.3 is 5.32 Å². The molecule has 2 heterocycles. The minimum atomic E-state index is -0.396. The van der Waals surface area contributed by atoms with Crippen molar-refractivity contribution in [3.63, 3.8) is 0 Å². The van der Waals surface area contributed by atoms with E-state index in [0.29, 0.717) is 11.3 Å². The van der Waals surface area contributed by atoms with Gasteiger partial charge in [-0.3, -0.25) is 4.79 Å². The van der Waals surface area contributed by atoms with Gasteiger partial charge in [0, 0.05) is 9.40 Å². The summed E-state index contributed by atoms with van der Waals surface area (Å²) in [4.78, 5) is 12.5. The number of carbonyl (C=O) groups is 1. The molecule has 0 aromatic carbocycles. The number of rotatable bonds is 3. The summed E-state index contributed by atoms with van der Waals surface area (Å²) in [5.41, 5.74) is 0. The van der Waals surface area contributed by atoms with Crippen molar-refractivity contribution >= 4 is 38.0 Å². The molecule has 16 heavy (non-hydrogen) atoms. The molecule has 3 nitrogen and oxygen atoms in total. The minimum Gasteiger partial charge on any atom is -0.336 e. The summed E-state index contributed by atoms with van der Waals surface area (Å²) in [6.07, 6.45) is 0.627. The van der Waals surface area contributed by atoms with Crippen molar-refractivity contribution in [2.24, 2.45) is 0 Å². The molecule has 1 amide bonds. The van der Waals surface area contributed by atoms with E-state index in [9.17, 15) is 4.79 Å². The number of nitriles is 1. The van der Waals surface area contributed by atoms with Crippen molar-refractivity contribution in [1.29, 1.82) is 5.26 Å². The van der Waals surface area contributed by atoms with Gasteiger partial charge in [-0.1, -0.05) is 6.92 Å². The topological polar surface area (TPSA) is 52.9 Å². The van der Waals surface area contributed by atoms with E-state index in [1.165, 1.54) is 11.3 Å². The van der Waals surface area contributed by atoms with Crippen LogP contribution in [0.5, 0.6) is 0 Å². The number of amides is 1. The van der Waals surface area contributed by atoms with Crippen LogP contribution in [0.25, 0.3) is 9.40 Å². The average molecular weight is 250 g/mol. The van der Waals surface area contributed by atoms with Gasteiger partial charge in [-0.2, -0.15) is 5.26 Å². The van der Waals surface area contributed by atoms with E-state index in [1.54, 1.807) is 11.3 Å². The zero-order chi connectivity index (χ0) is 11.5. The molecule has 2 aromatic heterocycles. The van der Waals surface area contributed by atoms with Crippen molar-refractivity contribution in [1.82, 2.24) is 5.32 Å². The summed E-state index contributed by atoms with van der Waals surface area (Å²) >= 11 is 3.09. The Kier molecular flexibility index (Phi) is 3.22. The molecule has 0 saturated heterocycles. The Morgan fingerprint density at radius 3 is 3.06 bits per heavy atom. The van der Waals surface area contributed by atoms with E-state index in [1.807, 2.05) is 24.4 Å². The van der Waals surface area contributed by atoms with Gasteiger partial charge in [0.1, 0.15) is 6.04 Å². The number of carbonyl (C=O) groups excluding carboxylic acids is 1. The lowest BCUT2D eigenvalue weighted by molar-refractivity contribution is 0.0949. The summed E-state index contributed by atoms with van der Waals surface area (Å²) in [6.45, 7) is 1.88. The van der Waals surface area contributed by atoms with Crippen LogP contribution in [0.3, 0.4) is 0 Å². The number of hydrogen-bond donors (Lipinski definition) is 1. The second-order valence-electron chi connectivity index (χ2n) is 3.32. The van der Waals surface area contributed by atoms with Crippen molar-refractivity contribution in [2.45, 2.75) is 19.4 Å². The third-order valence-corrected chi connectivity index (χ3v) is 4.32. The third-order valence-electron chi connectivity index (χ3n) is 2.23. The largest absolute Gasteiger partial charge is 0.336 e. The lowest BCUT2D eigenvalue weighted by atomic mass is 10.2. The molecule has 0 saturated carbocycles. The molecule has 0 bridgehead atoms. The van der Waals surface area contributed by atoms with Crippen LogP contribution in [0.15, 0.2) is 17.5 Å². The standard InChI is InChI=1S/C11H10N2OS2/c1-2-7(6-12)13-11(14)10-5-9-8(16-10)3-4-15-9/h3-5,7H,2H2,1H3,(H,13,14). The van der Waals surface area contributed by atoms with Crippen molar-refractivity contribution in [3.8, 4) is 6.07 Å². The Bertz CT molecular complexity index is 521. The highest BCUT2D eigenvalue weighted by atomic mass is 32.1. The molecule has 0 spiro atoms. The molecule has 1 N–H and O–H groups in total. The van der Waals surface area contributed by atoms with Crippen molar-refractivity contribution < 1.29 is 4.79 Å². The van der Waals surface area contributed by atoms with Gasteiger partial charge in [0.05, 0.1) is 10.9 Å². The Morgan fingerprint density at radius 2 is 2.44 bits per heavy atom. The Labute approximate surface area is 101 Å². The highest BCUT2D eigenvalue weighted by Gasteiger charge is 2.14. The van der Waals surface area contributed by atoms with Gasteiger partial charge >= 0.3 is 0 Å². The predicted molar refractivity (Wildman–Crippen MR) is 66.9 cm³/mol. The van der Waals surface area contributed by atoms with Crippen molar-refractivity contribution in [2.75, 3.05) is 0 Å². The molecule has 5 heteroatoms. The summed E-state index contributed by atoms with van der Waals surface area (Å²) in [7, 11) is 0. The quantitative estimate of drug-likeness (QED) is 0.910. The van der Waals surface area contributed by atoms with Gasteiger partial charge in [-0.15, -0.1) is 22.7 Å². The SMILES string of the molecule is CCC(C#N)NC(=O)c1cc2sccc2s1. The van der Waals surface area contributed by atoms with E-state index in [2.05, 4.69) is 11.4 Å². The molecule has 2 aromatic rings. The van der Waals surface area contributed by atoms with Crippen LogP contribution in [0.4, 0.5) is 0 Å². The second-order valence-corrected chi connectivity index (χ2v) is 5.35. The molecule has 82 valence electrons. The Hall–Kier alpha value is -1.38. The molecular weight excluding hydrogens is 240 g/mol. The van der Waals surface area contributed by atoms with E-state index >= 15 is 0 Å². The van der Waals surface area contributed by atoms with E-state index < -0.39 is 6.04 Å². The highest BCUT2D eigenvalue weighted by Crippen LogP contribution is 2.29. The van der Waals surface area contributed by atoms with Crippen LogP contribution in [-0.4, -0.2) is 11.9 Å². The zero-order valence-corrected chi connectivity index (χ0v) is 10.3. The van der Waals surface area contributed by atoms with E-state index in [4.69, 9.17) is 5.26 Å². The van der Waals surface area contributed by atoms with Gasteiger partial charge in [-0.05, 0) is 23.9 Å². The second kappa shape index (κ2) is 4.64. The van der Waals surface area contributed by atoms with Crippen LogP contribution in [0.2, 0.25) is 0 Å². The van der Waals surface area contributed by atoms with Crippen molar-refractivity contribution in [3.05, 3.63) is 22.4 Å². The van der Waals surface area contributed by atoms with E-state index in [0.717, 1.165) is 9.40 Å². The smallest absolute Gasteiger partial charge is 0.262 e. The van der Waals surface area contributed by atoms with Gasteiger partial charge in [0.25, 0.3) is 5.91 Å². The van der Waals surface area contributed by atoms with Gasteiger partial charge in [-0.25, -0.2) is 0 Å². The first-order valence-electron chi connectivity index (χ1n) is 4.92. The fraction of sp³-hybridized carbons (Fsp3) is 0.273. The maximum Gasteiger partial charge on any atom is 0.262 e. The summed E-state index contributed by atoms with van der Waals surface area (Å²) < 4.78 is 2.25. The van der Waals surface area contributed by atoms with Crippen LogP contribution < -0.4 is 5.32 Å².